The van der Waals surface area contributed by atoms with E-state index in [2.05, 4.69) is 20.9 Å². The largest absolute Gasteiger partial charge is 0.465 e. The third kappa shape index (κ3) is 9.75. The SMILES string of the molecule is Cc1ncsc1-c1ccc(C(C)NC(=O)[C@@H]2C[C@@H](O)CN2C(=O)C(NC(=O)CCCCCCNC(=O)O)C(C)(C)C)cc1. The maximum Gasteiger partial charge on any atom is 0.404 e. The number of rotatable bonds is 13. The highest BCUT2D eigenvalue weighted by Gasteiger charge is 2.44. The van der Waals surface area contributed by atoms with Crippen molar-refractivity contribution >= 4 is 35.2 Å². The molecule has 1 aromatic heterocycles. The van der Waals surface area contributed by atoms with Crippen LogP contribution in [0.15, 0.2) is 29.8 Å². The molecule has 5 N–H and O–H groups in total. The van der Waals surface area contributed by atoms with Crippen LogP contribution in [0.5, 0.6) is 0 Å². The van der Waals surface area contributed by atoms with E-state index in [9.17, 15) is 24.3 Å². The number of thiazole rings is 1. The summed E-state index contributed by atoms with van der Waals surface area (Å²) < 4.78 is 0. The van der Waals surface area contributed by atoms with Crippen LogP contribution in [0.25, 0.3) is 10.4 Å². The number of nitrogens with zero attached hydrogens (tertiary/aromatic N) is 2. The van der Waals surface area contributed by atoms with Gasteiger partial charge in [-0.05, 0) is 43.2 Å². The van der Waals surface area contributed by atoms with Gasteiger partial charge in [0.15, 0.2) is 0 Å². The number of aryl methyl sites for hydroxylation is 1. The lowest BCUT2D eigenvalue weighted by molar-refractivity contribution is -0.144. The molecule has 11 nitrogen and oxygen atoms in total. The van der Waals surface area contributed by atoms with E-state index < -0.39 is 35.6 Å². The molecule has 4 amide bonds. The molecule has 0 aliphatic carbocycles. The predicted octanol–water partition coefficient (Wildman–Crippen LogP) is 4.01. The summed E-state index contributed by atoms with van der Waals surface area (Å²) in [5.41, 5.74) is 4.12. The van der Waals surface area contributed by atoms with Crippen LogP contribution < -0.4 is 16.0 Å². The van der Waals surface area contributed by atoms with E-state index in [1.807, 2.05) is 64.4 Å². The van der Waals surface area contributed by atoms with Gasteiger partial charge in [0.2, 0.25) is 17.7 Å². The van der Waals surface area contributed by atoms with E-state index >= 15 is 0 Å². The number of nitrogens with one attached hydrogen (secondary N) is 3. The summed E-state index contributed by atoms with van der Waals surface area (Å²) in [4.78, 5) is 57.3. The second-order valence-corrected chi connectivity index (χ2v) is 13.1. The molecule has 12 heteroatoms. The number of likely N-dealkylation sites (tertiary alicyclic amines) is 1. The van der Waals surface area contributed by atoms with Gasteiger partial charge in [0, 0.05) is 25.9 Å². The van der Waals surface area contributed by atoms with E-state index in [1.165, 1.54) is 4.90 Å². The van der Waals surface area contributed by atoms with Crippen molar-refractivity contribution in [3.05, 3.63) is 41.0 Å². The second-order valence-electron chi connectivity index (χ2n) is 12.3. The fourth-order valence-electron chi connectivity index (χ4n) is 5.21. The van der Waals surface area contributed by atoms with E-state index in [4.69, 9.17) is 5.11 Å². The van der Waals surface area contributed by atoms with E-state index in [0.29, 0.717) is 19.4 Å². The smallest absolute Gasteiger partial charge is 0.404 e. The average Bonchev–Trinajstić information content (AvgIpc) is 3.55. The standard InChI is InChI=1S/C31H45N5O6S/c1-19(21-11-13-22(14-12-21)26-20(2)33-18-43-26)34-28(39)24-16-23(37)17-36(24)29(40)27(31(3,4)5)35-25(38)10-8-6-7-9-15-32-30(41)42/h11-14,18-19,23-24,27,32,37H,6-10,15-17H2,1-5H3,(H,34,39)(H,35,38)(H,41,42)/t19?,23-,24+,27?/m1/s1. The van der Waals surface area contributed by atoms with Crippen molar-refractivity contribution in [2.24, 2.45) is 5.41 Å². The lowest BCUT2D eigenvalue weighted by Crippen LogP contribution is -2.57. The number of carbonyl (C=O) groups excluding carboxylic acids is 3. The van der Waals surface area contributed by atoms with Crippen LogP contribution in [0.1, 0.15) is 83.5 Å². The van der Waals surface area contributed by atoms with Gasteiger partial charge in [0.25, 0.3) is 0 Å². The molecule has 43 heavy (non-hydrogen) atoms. The summed E-state index contributed by atoms with van der Waals surface area (Å²) in [6.45, 7) is 9.79. The molecule has 0 saturated carbocycles. The van der Waals surface area contributed by atoms with E-state index in [0.717, 1.165) is 34.5 Å². The summed E-state index contributed by atoms with van der Waals surface area (Å²) >= 11 is 1.58. The molecule has 4 atom stereocenters. The molecule has 0 radical (unpaired) electrons. The molecular formula is C31H45N5O6S. The summed E-state index contributed by atoms with van der Waals surface area (Å²) in [6, 6.07) is 5.87. The first-order chi connectivity index (χ1) is 20.3. The molecular weight excluding hydrogens is 570 g/mol. The number of benzene rings is 1. The zero-order valence-corrected chi connectivity index (χ0v) is 26.5. The van der Waals surface area contributed by atoms with Gasteiger partial charge in [-0.15, -0.1) is 11.3 Å². The van der Waals surface area contributed by atoms with Crippen LogP contribution in [-0.2, 0) is 14.4 Å². The monoisotopic (exact) mass is 615 g/mol. The minimum Gasteiger partial charge on any atom is -0.465 e. The Hall–Kier alpha value is -3.51. The number of aliphatic hydroxyl groups excluding tert-OH is 1. The van der Waals surface area contributed by atoms with Gasteiger partial charge < -0.3 is 31.1 Å². The number of carbonyl (C=O) groups is 4. The molecule has 2 aromatic rings. The molecule has 1 saturated heterocycles. The Kier molecular flexibility index (Phi) is 12.1. The Labute approximate surface area is 257 Å². The summed E-state index contributed by atoms with van der Waals surface area (Å²) in [5, 5.41) is 27.3. The molecule has 1 aliphatic heterocycles. The fourth-order valence-corrected chi connectivity index (χ4v) is 6.02. The van der Waals surface area contributed by atoms with Crippen LogP contribution in [0.2, 0.25) is 0 Å². The molecule has 0 bridgehead atoms. The quantitative estimate of drug-likeness (QED) is 0.213. The second kappa shape index (κ2) is 15.3. The van der Waals surface area contributed by atoms with Gasteiger partial charge in [0.1, 0.15) is 12.1 Å². The summed E-state index contributed by atoms with van der Waals surface area (Å²) in [6.07, 6.45) is 1.30. The van der Waals surface area contributed by atoms with Crippen LogP contribution in [0.4, 0.5) is 4.79 Å². The summed E-state index contributed by atoms with van der Waals surface area (Å²) in [5.74, 6) is -1.01. The number of aliphatic hydroxyl groups is 1. The molecule has 1 fully saturated rings. The van der Waals surface area contributed by atoms with Crippen molar-refractivity contribution in [3.8, 4) is 10.4 Å². The Balaban J connectivity index is 1.59. The van der Waals surface area contributed by atoms with Gasteiger partial charge in [0.05, 0.1) is 28.2 Å². The van der Waals surface area contributed by atoms with Crippen LogP contribution in [0.3, 0.4) is 0 Å². The van der Waals surface area contributed by atoms with E-state index in [-0.39, 0.29) is 37.2 Å². The van der Waals surface area contributed by atoms with Crippen LogP contribution in [-0.4, -0.2) is 75.2 Å². The van der Waals surface area contributed by atoms with Crippen LogP contribution >= 0.6 is 11.3 Å². The number of hydrogen-bond donors (Lipinski definition) is 5. The number of hydrogen-bond acceptors (Lipinski definition) is 7. The summed E-state index contributed by atoms with van der Waals surface area (Å²) in [7, 11) is 0. The van der Waals surface area contributed by atoms with Crippen molar-refractivity contribution in [2.75, 3.05) is 13.1 Å². The maximum atomic E-state index is 13.8. The Bertz CT molecular complexity index is 1260. The Morgan fingerprint density at radius 3 is 2.35 bits per heavy atom. The molecule has 1 aliphatic rings. The third-order valence-corrected chi connectivity index (χ3v) is 8.64. The van der Waals surface area contributed by atoms with Gasteiger partial charge >= 0.3 is 6.09 Å². The first-order valence-corrected chi connectivity index (χ1v) is 15.7. The number of amides is 4. The normalized spacial score (nSPS) is 18.1. The lowest BCUT2D eigenvalue weighted by atomic mass is 9.85. The van der Waals surface area contributed by atoms with E-state index in [1.54, 1.807) is 11.3 Å². The minimum absolute atomic E-state index is 0.0149. The highest BCUT2D eigenvalue weighted by Crippen LogP contribution is 2.29. The topological polar surface area (TPSA) is 161 Å². The van der Waals surface area contributed by atoms with Crippen molar-refractivity contribution in [1.29, 1.82) is 0 Å². The maximum absolute atomic E-state index is 13.8. The molecule has 236 valence electrons. The predicted molar refractivity (Wildman–Crippen MR) is 165 cm³/mol. The van der Waals surface area contributed by atoms with Gasteiger partial charge in [-0.2, -0.15) is 0 Å². The first-order valence-electron chi connectivity index (χ1n) is 14.8. The number of β-amino-alcohol motifs (C(OH)–C–C–N with tert-alkyl or cyclic N) is 1. The van der Waals surface area contributed by atoms with Gasteiger partial charge in [-0.25, -0.2) is 9.78 Å². The fraction of sp³-hybridized carbons (Fsp3) is 0.581. The average molecular weight is 616 g/mol. The van der Waals surface area contributed by atoms with Gasteiger partial charge in [-0.1, -0.05) is 57.9 Å². The molecule has 2 unspecified atom stereocenters. The highest BCUT2D eigenvalue weighted by molar-refractivity contribution is 7.13. The number of carboxylic acid groups (broad SMARTS) is 1. The Morgan fingerprint density at radius 1 is 1.07 bits per heavy atom. The van der Waals surface area contributed by atoms with Crippen LogP contribution in [0, 0.1) is 12.3 Å². The molecule has 2 heterocycles. The zero-order valence-electron chi connectivity index (χ0n) is 25.7. The molecule has 1 aromatic carbocycles. The number of unbranched alkanes of at least 4 members (excludes halogenated alkanes) is 3. The Morgan fingerprint density at radius 2 is 1.74 bits per heavy atom. The highest BCUT2D eigenvalue weighted by atomic mass is 32.1. The van der Waals surface area contributed by atoms with Gasteiger partial charge in [-0.3, -0.25) is 14.4 Å². The zero-order chi connectivity index (χ0) is 31.7. The minimum atomic E-state index is -1.05. The van der Waals surface area contributed by atoms with Crippen molar-refractivity contribution in [3.63, 3.8) is 0 Å². The molecule has 3 rings (SSSR count). The third-order valence-electron chi connectivity index (χ3n) is 7.67. The molecule has 0 spiro atoms. The van der Waals surface area contributed by atoms with Crippen molar-refractivity contribution < 1.29 is 29.4 Å². The number of aromatic nitrogens is 1. The van der Waals surface area contributed by atoms with Crippen molar-refractivity contribution in [2.45, 2.75) is 97.4 Å². The first kappa shape index (κ1) is 34.0. The van der Waals surface area contributed by atoms with Crippen molar-refractivity contribution in [1.82, 2.24) is 25.8 Å². The lowest BCUT2D eigenvalue weighted by Gasteiger charge is -2.35.